The van der Waals surface area contributed by atoms with E-state index in [-0.39, 0.29) is 10.6 Å². The zero-order chi connectivity index (χ0) is 13.9. The summed E-state index contributed by atoms with van der Waals surface area (Å²) in [6.45, 7) is -0.477. The fourth-order valence-corrected chi connectivity index (χ4v) is 2.47. The van der Waals surface area contributed by atoms with Gasteiger partial charge in [-0.15, -0.1) is 0 Å². The van der Waals surface area contributed by atoms with Crippen LogP contribution in [-0.4, -0.2) is 39.4 Å². The Morgan fingerprint density at radius 2 is 2.11 bits per heavy atom. The number of nitrogens with zero attached hydrogens (tertiary/aromatic N) is 1. The van der Waals surface area contributed by atoms with Gasteiger partial charge in [-0.25, -0.2) is 12.8 Å². The molecule has 0 bridgehead atoms. The first-order valence-electron chi connectivity index (χ1n) is 4.87. The predicted molar refractivity (Wildman–Crippen MR) is 62.6 cm³/mol. The first kappa shape index (κ1) is 14.4. The Bertz CT molecular complexity index is 559. The SMILES string of the molecule is COC(=O)CN(C)S(=O)(=O)c1cc(F)ccc1N. The molecule has 0 spiro atoms. The minimum absolute atomic E-state index is 0.0897. The fourth-order valence-electron chi connectivity index (χ4n) is 1.23. The summed E-state index contributed by atoms with van der Waals surface area (Å²) in [5.74, 6) is -1.45. The average Bonchev–Trinajstić information content (AvgIpc) is 2.31. The maximum absolute atomic E-state index is 13.0. The number of carbonyl (C=O) groups excluding carboxylic acids is 1. The molecular formula is C10H13FN2O4S. The van der Waals surface area contributed by atoms with E-state index in [4.69, 9.17) is 5.73 Å². The Morgan fingerprint density at radius 3 is 2.67 bits per heavy atom. The zero-order valence-corrected chi connectivity index (χ0v) is 10.7. The number of nitrogen functional groups attached to an aromatic ring is 1. The molecular weight excluding hydrogens is 263 g/mol. The van der Waals surface area contributed by atoms with Crippen LogP contribution in [0.3, 0.4) is 0 Å². The molecule has 0 atom stereocenters. The number of anilines is 1. The van der Waals surface area contributed by atoms with Gasteiger partial charge in [0.05, 0.1) is 12.8 Å². The van der Waals surface area contributed by atoms with E-state index >= 15 is 0 Å². The number of nitrogens with two attached hydrogens (primary N) is 1. The van der Waals surface area contributed by atoms with Crippen molar-refractivity contribution < 1.29 is 22.3 Å². The van der Waals surface area contributed by atoms with E-state index in [1.54, 1.807) is 0 Å². The van der Waals surface area contributed by atoms with E-state index < -0.39 is 28.4 Å². The molecule has 0 saturated carbocycles. The molecule has 0 heterocycles. The lowest BCUT2D eigenvalue weighted by atomic mass is 10.3. The van der Waals surface area contributed by atoms with Gasteiger partial charge in [0.25, 0.3) is 0 Å². The quantitative estimate of drug-likeness (QED) is 0.627. The number of ether oxygens (including phenoxy) is 1. The van der Waals surface area contributed by atoms with Crippen molar-refractivity contribution in [3.05, 3.63) is 24.0 Å². The van der Waals surface area contributed by atoms with Crippen molar-refractivity contribution in [1.82, 2.24) is 4.31 Å². The highest BCUT2D eigenvalue weighted by Crippen LogP contribution is 2.22. The number of rotatable bonds is 4. The molecule has 100 valence electrons. The van der Waals surface area contributed by atoms with Gasteiger partial charge >= 0.3 is 5.97 Å². The molecule has 0 unspecified atom stereocenters. The van der Waals surface area contributed by atoms with Crippen molar-refractivity contribution in [2.75, 3.05) is 26.4 Å². The number of likely N-dealkylation sites (N-methyl/N-ethyl adjacent to an activating group) is 1. The van der Waals surface area contributed by atoms with Crippen LogP contribution in [0.15, 0.2) is 23.1 Å². The lowest BCUT2D eigenvalue weighted by molar-refractivity contribution is -0.140. The molecule has 0 aliphatic carbocycles. The van der Waals surface area contributed by atoms with E-state index in [0.29, 0.717) is 0 Å². The van der Waals surface area contributed by atoms with Gasteiger partial charge in [0.2, 0.25) is 10.0 Å². The van der Waals surface area contributed by atoms with Crippen LogP contribution in [0.4, 0.5) is 10.1 Å². The van der Waals surface area contributed by atoms with E-state index in [1.807, 2.05) is 0 Å². The van der Waals surface area contributed by atoms with Crippen LogP contribution < -0.4 is 5.73 Å². The third-order valence-electron chi connectivity index (χ3n) is 2.24. The molecule has 0 aliphatic heterocycles. The summed E-state index contributed by atoms with van der Waals surface area (Å²) in [5.41, 5.74) is 5.40. The summed E-state index contributed by atoms with van der Waals surface area (Å²) in [4.78, 5) is 10.6. The van der Waals surface area contributed by atoms with Crippen molar-refractivity contribution in [2.24, 2.45) is 0 Å². The number of benzene rings is 1. The summed E-state index contributed by atoms with van der Waals surface area (Å²) < 4.78 is 42.2. The molecule has 8 heteroatoms. The Kier molecular flexibility index (Phi) is 4.25. The third-order valence-corrected chi connectivity index (χ3v) is 4.10. The minimum Gasteiger partial charge on any atom is -0.468 e. The first-order valence-corrected chi connectivity index (χ1v) is 6.31. The van der Waals surface area contributed by atoms with Crippen LogP contribution in [0.25, 0.3) is 0 Å². The largest absolute Gasteiger partial charge is 0.468 e. The molecule has 0 amide bonds. The molecule has 1 rings (SSSR count). The van der Waals surface area contributed by atoms with E-state index in [2.05, 4.69) is 4.74 Å². The molecule has 6 nitrogen and oxygen atoms in total. The number of halogens is 1. The van der Waals surface area contributed by atoms with Crippen LogP contribution in [-0.2, 0) is 19.6 Å². The smallest absolute Gasteiger partial charge is 0.321 e. The van der Waals surface area contributed by atoms with Gasteiger partial charge in [-0.2, -0.15) is 4.31 Å². The number of hydrogen-bond donors (Lipinski definition) is 1. The molecule has 18 heavy (non-hydrogen) atoms. The summed E-state index contributed by atoms with van der Waals surface area (Å²) in [7, 11) is -1.71. The van der Waals surface area contributed by atoms with Crippen LogP contribution in [0, 0.1) is 5.82 Å². The number of carbonyl (C=O) groups is 1. The summed E-state index contributed by atoms with van der Waals surface area (Å²) in [6.07, 6.45) is 0. The second-order valence-corrected chi connectivity index (χ2v) is 5.53. The normalized spacial score (nSPS) is 11.6. The second kappa shape index (κ2) is 5.32. The summed E-state index contributed by atoms with van der Waals surface area (Å²) in [5, 5.41) is 0. The number of hydrogen-bond acceptors (Lipinski definition) is 5. The number of esters is 1. The Morgan fingerprint density at radius 1 is 1.50 bits per heavy atom. The molecule has 0 radical (unpaired) electrons. The average molecular weight is 276 g/mol. The molecule has 0 aromatic heterocycles. The van der Waals surface area contributed by atoms with E-state index in [0.717, 1.165) is 29.6 Å². The van der Waals surface area contributed by atoms with Gasteiger partial charge in [0.1, 0.15) is 17.3 Å². The van der Waals surface area contributed by atoms with E-state index in [1.165, 1.54) is 7.05 Å². The lowest BCUT2D eigenvalue weighted by Gasteiger charge is -2.17. The van der Waals surface area contributed by atoms with Gasteiger partial charge in [-0.05, 0) is 18.2 Å². The maximum Gasteiger partial charge on any atom is 0.321 e. The van der Waals surface area contributed by atoms with Crippen LogP contribution in [0.1, 0.15) is 0 Å². The topological polar surface area (TPSA) is 89.7 Å². The van der Waals surface area contributed by atoms with Gasteiger partial charge in [0.15, 0.2) is 0 Å². The zero-order valence-electron chi connectivity index (χ0n) is 9.88. The monoisotopic (exact) mass is 276 g/mol. The van der Waals surface area contributed by atoms with Crippen molar-refractivity contribution in [3.63, 3.8) is 0 Å². The van der Waals surface area contributed by atoms with Crippen molar-refractivity contribution >= 4 is 21.7 Å². The molecule has 1 aromatic carbocycles. The molecule has 2 N–H and O–H groups in total. The Labute approximate surface area is 104 Å². The highest BCUT2D eigenvalue weighted by atomic mass is 32.2. The number of sulfonamides is 1. The van der Waals surface area contributed by atoms with Crippen molar-refractivity contribution in [2.45, 2.75) is 4.90 Å². The first-order chi connectivity index (χ1) is 8.28. The van der Waals surface area contributed by atoms with E-state index in [9.17, 15) is 17.6 Å². The highest BCUT2D eigenvalue weighted by molar-refractivity contribution is 7.89. The number of methoxy groups -OCH3 is 1. The lowest BCUT2D eigenvalue weighted by Crippen LogP contribution is -2.33. The van der Waals surface area contributed by atoms with Crippen LogP contribution in [0.5, 0.6) is 0 Å². The Hall–Kier alpha value is -1.67. The molecule has 0 fully saturated rings. The third kappa shape index (κ3) is 2.96. The predicted octanol–water partition coefficient (Wildman–Crippen LogP) is 0.201. The maximum atomic E-state index is 13.0. The minimum atomic E-state index is -4.03. The molecule has 0 aliphatic rings. The highest BCUT2D eigenvalue weighted by Gasteiger charge is 2.25. The Balaban J connectivity index is 3.13. The van der Waals surface area contributed by atoms with Gasteiger partial charge in [-0.1, -0.05) is 0 Å². The fraction of sp³-hybridized carbons (Fsp3) is 0.300. The van der Waals surface area contributed by atoms with Gasteiger partial charge in [-0.3, -0.25) is 4.79 Å². The summed E-state index contributed by atoms with van der Waals surface area (Å²) >= 11 is 0. The van der Waals surface area contributed by atoms with Gasteiger partial charge in [0, 0.05) is 7.05 Å². The van der Waals surface area contributed by atoms with Crippen molar-refractivity contribution in [3.8, 4) is 0 Å². The summed E-state index contributed by atoms with van der Waals surface area (Å²) in [6, 6.07) is 3.00. The molecule has 0 saturated heterocycles. The van der Waals surface area contributed by atoms with Crippen LogP contribution >= 0.6 is 0 Å². The van der Waals surface area contributed by atoms with Gasteiger partial charge < -0.3 is 10.5 Å². The van der Waals surface area contributed by atoms with Crippen LogP contribution in [0.2, 0.25) is 0 Å². The van der Waals surface area contributed by atoms with Crippen molar-refractivity contribution in [1.29, 1.82) is 0 Å². The molecule has 1 aromatic rings. The second-order valence-electron chi connectivity index (χ2n) is 3.52. The standard InChI is InChI=1S/C10H13FN2O4S/c1-13(6-10(14)17-2)18(15,16)9-5-7(11)3-4-8(9)12/h3-5H,6,12H2,1-2H3.